The van der Waals surface area contributed by atoms with Gasteiger partial charge in [0.1, 0.15) is 5.82 Å². The molecule has 1 heterocycles. The Bertz CT molecular complexity index is 373. The smallest absolute Gasteiger partial charge is 0.132 e. The second kappa shape index (κ2) is 4.50. The molecule has 2 atom stereocenters. The van der Waals surface area contributed by atoms with Gasteiger partial charge in [-0.3, -0.25) is 0 Å². The van der Waals surface area contributed by atoms with Crippen molar-refractivity contribution in [1.82, 2.24) is 15.3 Å². The molecule has 16 heavy (non-hydrogen) atoms. The van der Waals surface area contributed by atoms with Crippen molar-refractivity contribution in [3.8, 4) is 0 Å². The quantitative estimate of drug-likeness (QED) is 0.845. The Hall–Kier alpha value is -0.960. The fourth-order valence-electron chi connectivity index (χ4n) is 1.91. The van der Waals surface area contributed by atoms with Crippen molar-refractivity contribution < 1.29 is 0 Å². The van der Waals surface area contributed by atoms with Gasteiger partial charge in [-0.2, -0.15) is 0 Å². The number of aryl methyl sites for hydroxylation is 1. The highest BCUT2D eigenvalue weighted by Crippen LogP contribution is 2.45. The van der Waals surface area contributed by atoms with E-state index in [4.69, 9.17) is 0 Å². The van der Waals surface area contributed by atoms with Crippen molar-refractivity contribution in [3.63, 3.8) is 0 Å². The first-order valence-corrected chi connectivity index (χ1v) is 6.14. The maximum atomic E-state index is 4.64. The predicted octanol–water partition coefficient (Wildman–Crippen LogP) is 2.41. The molecule has 1 fully saturated rings. The highest BCUT2D eigenvalue weighted by molar-refractivity contribution is 5.16. The minimum absolute atomic E-state index is 0.499. The molecule has 0 amide bonds. The first kappa shape index (κ1) is 11.5. The van der Waals surface area contributed by atoms with E-state index >= 15 is 0 Å². The first-order chi connectivity index (χ1) is 7.56. The van der Waals surface area contributed by atoms with E-state index in [1.54, 1.807) is 0 Å². The summed E-state index contributed by atoms with van der Waals surface area (Å²) in [6, 6.07) is 2.57. The monoisotopic (exact) mass is 219 g/mol. The van der Waals surface area contributed by atoms with Crippen LogP contribution in [0, 0.1) is 12.8 Å². The van der Waals surface area contributed by atoms with Crippen molar-refractivity contribution in [1.29, 1.82) is 0 Å². The van der Waals surface area contributed by atoms with Crippen LogP contribution in [0.2, 0.25) is 0 Å². The Morgan fingerprint density at radius 3 is 2.69 bits per heavy atom. The number of nitrogens with one attached hydrogen (secondary N) is 1. The summed E-state index contributed by atoms with van der Waals surface area (Å²) < 4.78 is 0. The normalized spacial score (nSPS) is 23.8. The van der Waals surface area contributed by atoms with E-state index in [1.807, 2.05) is 0 Å². The Kier molecular flexibility index (Phi) is 3.24. The summed E-state index contributed by atoms with van der Waals surface area (Å²) in [6.45, 7) is 9.46. The zero-order valence-electron chi connectivity index (χ0n) is 10.6. The van der Waals surface area contributed by atoms with Gasteiger partial charge in [0.25, 0.3) is 0 Å². The van der Waals surface area contributed by atoms with E-state index in [1.165, 1.54) is 6.42 Å². The van der Waals surface area contributed by atoms with E-state index in [0.717, 1.165) is 29.7 Å². The summed E-state index contributed by atoms with van der Waals surface area (Å²) in [6.07, 6.45) is 1.25. The number of hydrogen-bond acceptors (Lipinski definition) is 3. The first-order valence-electron chi connectivity index (χ1n) is 6.14. The molecule has 3 heteroatoms. The lowest BCUT2D eigenvalue weighted by Gasteiger charge is -2.09. The van der Waals surface area contributed by atoms with Gasteiger partial charge in [-0.25, -0.2) is 9.97 Å². The van der Waals surface area contributed by atoms with Crippen molar-refractivity contribution in [3.05, 3.63) is 23.3 Å². The number of nitrogens with zero attached hydrogens (tertiary/aromatic N) is 2. The fraction of sp³-hybridized carbons (Fsp3) is 0.692. The third-order valence-corrected chi connectivity index (χ3v) is 3.06. The molecule has 1 aliphatic rings. The van der Waals surface area contributed by atoms with Gasteiger partial charge in [-0.05, 0) is 25.3 Å². The van der Waals surface area contributed by atoms with Crippen LogP contribution in [0.4, 0.5) is 0 Å². The summed E-state index contributed by atoms with van der Waals surface area (Å²) in [7, 11) is 0. The van der Waals surface area contributed by atoms with Crippen LogP contribution in [0.5, 0.6) is 0 Å². The van der Waals surface area contributed by atoms with Gasteiger partial charge in [0.05, 0.1) is 5.69 Å². The maximum absolute atomic E-state index is 4.64. The van der Waals surface area contributed by atoms with Crippen LogP contribution in [0.15, 0.2) is 6.07 Å². The number of rotatable bonds is 4. The molecule has 0 spiro atoms. The third kappa shape index (κ3) is 2.79. The lowest BCUT2D eigenvalue weighted by atomic mass is 10.2. The Balaban J connectivity index is 2.10. The van der Waals surface area contributed by atoms with Gasteiger partial charge < -0.3 is 5.32 Å². The molecule has 0 aliphatic heterocycles. The van der Waals surface area contributed by atoms with Gasteiger partial charge in [0, 0.05) is 24.2 Å². The average molecular weight is 219 g/mol. The van der Waals surface area contributed by atoms with Crippen LogP contribution in [0.25, 0.3) is 0 Å². The van der Waals surface area contributed by atoms with Gasteiger partial charge in [0.2, 0.25) is 0 Å². The fourth-order valence-corrected chi connectivity index (χ4v) is 1.91. The molecule has 0 saturated heterocycles. The van der Waals surface area contributed by atoms with Gasteiger partial charge in [-0.1, -0.05) is 20.8 Å². The van der Waals surface area contributed by atoms with Crippen LogP contribution >= 0.6 is 0 Å². The zero-order valence-corrected chi connectivity index (χ0v) is 10.6. The summed E-state index contributed by atoms with van der Waals surface area (Å²) >= 11 is 0. The standard InChI is InChI=1S/C13H21N3/c1-8(2)14-7-11-6-10(4)15-13(16-11)12-5-9(12)3/h6,8-9,12,14H,5,7H2,1-4H3. The third-order valence-electron chi connectivity index (χ3n) is 3.06. The number of hydrogen-bond donors (Lipinski definition) is 1. The maximum Gasteiger partial charge on any atom is 0.132 e. The van der Waals surface area contributed by atoms with Gasteiger partial charge in [0.15, 0.2) is 0 Å². The van der Waals surface area contributed by atoms with E-state index in [9.17, 15) is 0 Å². The molecule has 3 nitrogen and oxygen atoms in total. The lowest BCUT2D eigenvalue weighted by molar-refractivity contribution is 0.578. The van der Waals surface area contributed by atoms with E-state index in [0.29, 0.717) is 12.0 Å². The molecule has 1 N–H and O–H groups in total. The summed E-state index contributed by atoms with van der Waals surface area (Å²) in [5.74, 6) is 2.43. The topological polar surface area (TPSA) is 37.8 Å². The Morgan fingerprint density at radius 2 is 2.12 bits per heavy atom. The summed E-state index contributed by atoms with van der Waals surface area (Å²) in [5.41, 5.74) is 2.21. The molecular formula is C13H21N3. The second-order valence-corrected chi connectivity index (χ2v) is 5.21. The number of aromatic nitrogens is 2. The molecular weight excluding hydrogens is 198 g/mol. The van der Waals surface area contributed by atoms with Crippen LogP contribution in [0.1, 0.15) is 50.3 Å². The van der Waals surface area contributed by atoms with Crippen molar-refractivity contribution in [2.75, 3.05) is 0 Å². The van der Waals surface area contributed by atoms with Crippen LogP contribution < -0.4 is 5.32 Å². The van der Waals surface area contributed by atoms with Gasteiger partial charge >= 0.3 is 0 Å². The van der Waals surface area contributed by atoms with E-state index < -0.39 is 0 Å². The molecule has 0 aromatic carbocycles. The van der Waals surface area contributed by atoms with E-state index in [2.05, 4.69) is 49.0 Å². The molecule has 2 rings (SSSR count). The summed E-state index contributed by atoms with van der Waals surface area (Å²) in [4.78, 5) is 9.18. The van der Waals surface area contributed by atoms with Crippen LogP contribution in [0.3, 0.4) is 0 Å². The largest absolute Gasteiger partial charge is 0.309 e. The predicted molar refractivity (Wildman–Crippen MR) is 65.3 cm³/mol. The minimum atomic E-state index is 0.499. The highest BCUT2D eigenvalue weighted by atomic mass is 15.0. The summed E-state index contributed by atoms with van der Waals surface area (Å²) in [5, 5.41) is 3.40. The Labute approximate surface area is 97.7 Å². The SMILES string of the molecule is Cc1cc(CNC(C)C)nc(C2CC2C)n1. The van der Waals surface area contributed by atoms with Crippen molar-refractivity contribution in [2.45, 2.75) is 52.6 Å². The molecule has 0 bridgehead atoms. The lowest BCUT2D eigenvalue weighted by Crippen LogP contribution is -2.22. The van der Waals surface area contributed by atoms with E-state index in [-0.39, 0.29) is 0 Å². The Morgan fingerprint density at radius 1 is 1.44 bits per heavy atom. The molecule has 1 aromatic rings. The minimum Gasteiger partial charge on any atom is -0.309 e. The molecule has 1 saturated carbocycles. The molecule has 1 aliphatic carbocycles. The molecule has 88 valence electrons. The molecule has 1 aromatic heterocycles. The van der Waals surface area contributed by atoms with Crippen molar-refractivity contribution >= 4 is 0 Å². The zero-order chi connectivity index (χ0) is 11.7. The molecule has 2 unspecified atom stereocenters. The van der Waals surface area contributed by atoms with Crippen molar-refractivity contribution in [2.24, 2.45) is 5.92 Å². The van der Waals surface area contributed by atoms with Crippen LogP contribution in [-0.4, -0.2) is 16.0 Å². The highest BCUT2D eigenvalue weighted by Gasteiger charge is 2.36. The second-order valence-electron chi connectivity index (χ2n) is 5.21. The average Bonchev–Trinajstić information content (AvgIpc) is 2.92. The van der Waals surface area contributed by atoms with Crippen LogP contribution in [-0.2, 0) is 6.54 Å². The van der Waals surface area contributed by atoms with Gasteiger partial charge in [-0.15, -0.1) is 0 Å². The molecule has 0 radical (unpaired) electrons.